The number of fused-ring (bicyclic) bond motifs is 1. The molecule has 1 aliphatic rings. The van der Waals surface area contributed by atoms with Gasteiger partial charge in [-0.3, -0.25) is 4.79 Å². The summed E-state index contributed by atoms with van der Waals surface area (Å²) in [5, 5.41) is 3.17. The van der Waals surface area contributed by atoms with Crippen molar-refractivity contribution in [1.82, 2.24) is 14.9 Å². The van der Waals surface area contributed by atoms with Crippen molar-refractivity contribution in [3.8, 4) is 0 Å². The number of carbonyl (C=O) groups excluding carboxylic acids is 1. The minimum absolute atomic E-state index is 0.0247. The average Bonchev–Trinajstić information content (AvgIpc) is 2.74. The van der Waals surface area contributed by atoms with Crippen LogP contribution in [0.1, 0.15) is 34.0 Å². The van der Waals surface area contributed by atoms with Crippen LogP contribution in [0.5, 0.6) is 0 Å². The van der Waals surface area contributed by atoms with E-state index in [2.05, 4.69) is 46.5 Å². The normalized spacial score (nSPS) is 13.1. The molecule has 5 nitrogen and oxygen atoms in total. The monoisotopic (exact) mass is 358 g/mol. The summed E-state index contributed by atoms with van der Waals surface area (Å²) < 4.78 is 0. The second kappa shape index (κ2) is 7.58. The number of hydrogen-bond acceptors (Lipinski definition) is 4. The minimum atomic E-state index is -0.0247. The van der Waals surface area contributed by atoms with Gasteiger partial charge in [0.2, 0.25) is 5.95 Å². The Morgan fingerprint density at radius 2 is 1.74 bits per heavy atom. The van der Waals surface area contributed by atoms with E-state index in [9.17, 15) is 4.79 Å². The van der Waals surface area contributed by atoms with Gasteiger partial charge < -0.3 is 10.2 Å². The Morgan fingerprint density at radius 3 is 2.44 bits per heavy atom. The van der Waals surface area contributed by atoms with E-state index < -0.39 is 0 Å². The summed E-state index contributed by atoms with van der Waals surface area (Å²) in [5.74, 6) is 0.461. The van der Waals surface area contributed by atoms with Gasteiger partial charge in [-0.05, 0) is 41.7 Å². The van der Waals surface area contributed by atoms with Crippen molar-refractivity contribution in [3.63, 3.8) is 0 Å². The maximum Gasteiger partial charge on any atom is 0.257 e. The maximum atomic E-state index is 12.8. The second-order valence-corrected chi connectivity index (χ2v) is 6.72. The predicted molar refractivity (Wildman–Crippen MR) is 106 cm³/mol. The van der Waals surface area contributed by atoms with Crippen LogP contribution in [0.2, 0.25) is 0 Å². The molecule has 0 atom stereocenters. The molecule has 3 aromatic rings. The average molecular weight is 358 g/mol. The first-order chi connectivity index (χ1) is 13.2. The van der Waals surface area contributed by atoms with Crippen molar-refractivity contribution in [2.75, 3.05) is 11.9 Å². The largest absolute Gasteiger partial charge is 0.334 e. The van der Waals surface area contributed by atoms with Crippen LogP contribution in [-0.4, -0.2) is 27.3 Å². The van der Waals surface area contributed by atoms with Gasteiger partial charge in [-0.25, -0.2) is 9.97 Å². The fourth-order valence-electron chi connectivity index (χ4n) is 3.31. The highest BCUT2D eigenvalue weighted by molar-refractivity contribution is 5.93. The molecule has 0 unspecified atom stereocenters. The summed E-state index contributed by atoms with van der Waals surface area (Å²) in [7, 11) is 0. The summed E-state index contributed by atoms with van der Waals surface area (Å²) in [6.45, 7) is 3.49. The van der Waals surface area contributed by atoms with Gasteiger partial charge in [0.15, 0.2) is 0 Å². The molecule has 1 N–H and O–H groups in total. The number of anilines is 2. The van der Waals surface area contributed by atoms with Gasteiger partial charge in [0.1, 0.15) is 0 Å². The van der Waals surface area contributed by atoms with E-state index in [0.29, 0.717) is 18.1 Å². The third-order valence-corrected chi connectivity index (χ3v) is 4.93. The van der Waals surface area contributed by atoms with Crippen molar-refractivity contribution in [3.05, 3.63) is 83.2 Å². The van der Waals surface area contributed by atoms with Crippen LogP contribution in [0.15, 0.2) is 60.9 Å². The molecular weight excluding hydrogens is 336 g/mol. The SMILES string of the molecule is CCc1ccc(Nc2ncc(C(=O)N3CCc4ccccc4C3)cn2)cc1. The number of hydrogen-bond donors (Lipinski definition) is 1. The number of benzene rings is 2. The number of amides is 1. The van der Waals surface area contributed by atoms with Crippen molar-refractivity contribution in [1.29, 1.82) is 0 Å². The lowest BCUT2D eigenvalue weighted by Gasteiger charge is -2.28. The van der Waals surface area contributed by atoms with Gasteiger partial charge in [-0.2, -0.15) is 0 Å². The zero-order chi connectivity index (χ0) is 18.6. The van der Waals surface area contributed by atoms with Crippen molar-refractivity contribution in [2.24, 2.45) is 0 Å². The molecule has 4 rings (SSSR count). The number of aryl methyl sites for hydroxylation is 1. The van der Waals surface area contributed by atoms with E-state index >= 15 is 0 Å². The number of aromatic nitrogens is 2. The Balaban J connectivity index is 1.43. The highest BCUT2D eigenvalue weighted by Crippen LogP contribution is 2.20. The number of nitrogens with zero attached hydrogens (tertiary/aromatic N) is 3. The summed E-state index contributed by atoms with van der Waals surface area (Å²) in [6, 6.07) is 16.5. The van der Waals surface area contributed by atoms with Crippen molar-refractivity contribution < 1.29 is 4.79 Å². The van der Waals surface area contributed by atoms with E-state index in [1.165, 1.54) is 16.7 Å². The van der Waals surface area contributed by atoms with Crippen LogP contribution in [0.3, 0.4) is 0 Å². The van der Waals surface area contributed by atoms with Crippen molar-refractivity contribution in [2.45, 2.75) is 26.3 Å². The molecule has 0 saturated carbocycles. The Hall–Kier alpha value is -3.21. The van der Waals surface area contributed by atoms with Crippen LogP contribution in [0.4, 0.5) is 11.6 Å². The topological polar surface area (TPSA) is 58.1 Å². The maximum absolute atomic E-state index is 12.8. The van der Waals surface area contributed by atoms with Gasteiger partial charge >= 0.3 is 0 Å². The fraction of sp³-hybridized carbons (Fsp3) is 0.227. The fourth-order valence-corrected chi connectivity index (χ4v) is 3.31. The third-order valence-electron chi connectivity index (χ3n) is 4.93. The third kappa shape index (κ3) is 3.82. The second-order valence-electron chi connectivity index (χ2n) is 6.72. The molecule has 136 valence electrons. The lowest BCUT2D eigenvalue weighted by Crippen LogP contribution is -2.36. The molecular formula is C22H22N4O. The first-order valence-corrected chi connectivity index (χ1v) is 9.27. The molecule has 1 amide bonds. The van der Waals surface area contributed by atoms with E-state index in [4.69, 9.17) is 0 Å². The lowest BCUT2D eigenvalue weighted by atomic mass is 9.99. The molecule has 0 fully saturated rings. The predicted octanol–water partition coefficient (Wildman–Crippen LogP) is 3.98. The first kappa shape index (κ1) is 17.2. The van der Waals surface area contributed by atoms with Crippen LogP contribution in [0, 0.1) is 0 Å². The van der Waals surface area contributed by atoms with Gasteiger partial charge in [0.25, 0.3) is 5.91 Å². The number of rotatable bonds is 4. The molecule has 27 heavy (non-hydrogen) atoms. The molecule has 0 bridgehead atoms. The molecule has 2 heterocycles. The van der Waals surface area contributed by atoms with Gasteiger partial charge in [-0.1, -0.05) is 43.3 Å². The Kier molecular flexibility index (Phi) is 4.83. The summed E-state index contributed by atoms with van der Waals surface area (Å²) in [4.78, 5) is 23.2. The number of nitrogens with one attached hydrogen (secondary N) is 1. The summed E-state index contributed by atoms with van der Waals surface area (Å²) in [5.41, 5.74) is 5.27. The molecule has 1 aromatic heterocycles. The summed E-state index contributed by atoms with van der Waals surface area (Å²) >= 11 is 0. The standard InChI is InChI=1S/C22H22N4O/c1-2-16-7-9-20(10-8-16)25-22-23-13-19(14-24-22)21(27)26-12-11-17-5-3-4-6-18(17)15-26/h3-10,13-14H,2,11-12,15H2,1H3,(H,23,24,25). The van der Waals surface area contributed by atoms with E-state index in [1.807, 2.05) is 29.2 Å². The smallest absolute Gasteiger partial charge is 0.257 e. The minimum Gasteiger partial charge on any atom is -0.334 e. The Labute approximate surface area is 159 Å². The van der Waals surface area contributed by atoms with Crippen LogP contribution in [0.25, 0.3) is 0 Å². The zero-order valence-corrected chi connectivity index (χ0v) is 15.4. The molecule has 0 radical (unpaired) electrons. The highest BCUT2D eigenvalue weighted by atomic mass is 16.2. The molecule has 5 heteroatoms. The zero-order valence-electron chi connectivity index (χ0n) is 15.4. The van der Waals surface area contributed by atoms with Crippen LogP contribution < -0.4 is 5.32 Å². The quantitative estimate of drug-likeness (QED) is 0.766. The van der Waals surface area contributed by atoms with E-state index in [0.717, 1.165) is 25.1 Å². The Bertz CT molecular complexity index is 935. The lowest BCUT2D eigenvalue weighted by molar-refractivity contribution is 0.0734. The van der Waals surface area contributed by atoms with E-state index in [1.54, 1.807) is 12.4 Å². The Morgan fingerprint density at radius 1 is 1.04 bits per heavy atom. The molecule has 2 aromatic carbocycles. The van der Waals surface area contributed by atoms with Crippen molar-refractivity contribution >= 4 is 17.5 Å². The van der Waals surface area contributed by atoms with Gasteiger partial charge in [0, 0.05) is 31.2 Å². The van der Waals surface area contributed by atoms with Crippen LogP contribution in [-0.2, 0) is 19.4 Å². The van der Waals surface area contributed by atoms with Gasteiger partial charge in [-0.15, -0.1) is 0 Å². The molecule has 0 saturated heterocycles. The number of carbonyl (C=O) groups is 1. The van der Waals surface area contributed by atoms with E-state index in [-0.39, 0.29) is 5.91 Å². The first-order valence-electron chi connectivity index (χ1n) is 9.27. The van der Waals surface area contributed by atoms with Gasteiger partial charge in [0.05, 0.1) is 5.56 Å². The molecule has 0 spiro atoms. The highest BCUT2D eigenvalue weighted by Gasteiger charge is 2.22. The molecule has 1 aliphatic heterocycles. The summed E-state index contributed by atoms with van der Waals surface area (Å²) in [6.07, 6.45) is 5.09. The van der Waals surface area contributed by atoms with Crippen LogP contribution >= 0.6 is 0 Å². The molecule has 0 aliphatic carbocycles.